The number of rotatable bonds is 5. The summed E-state index contributed by atoms with van der Waals surface area (Å²) in [7, 11) is 1.77. The van der Waals surface area contributed by atoms with Crippen molar-refractivity contribution in [2.24, 2.45) is 0 Å². The number of urea groups is 1. The molecule has 0 saturated carbocycles. The molecule has 0 fully saturated rings. The Bertz CT molecular complexity index is 591. The lowest BCUT2D eigenvalue weighted by Crippen LogP contribution is -2.38. The van der Waals surface area contributed by atoms with Crippen LogP contribution in [0.5, 0.6) is 0 Å². The minimum atomic E-state index is -0.122. The quantitative estimate of drug-likeness (QED) is 0.856. The predicted octanol–water partition coefficient (Wildman–Crippen LogP) is 2.16. The summed E-state index contributed by atoms with van der Waals surface area (Å²) < 4.78 is 1.69. The number of hydrogen-bond donors (Lipinski definition) is 1. The maximum Gasteiger partial charge on any atom is 0.317 e. The molecule has 1 N–H and O–H groups in total. The molecule has 0 aliphatic rings. The second-order valence-corrected chi connectivity index (χ2v) is 4.69. The van der Waals surface area contributed by atoms with E-state index >= 15 is 0 Å². The van der Waals surface area contributed by atoms with E-state index in [1.54, 1.807) is 29.0 Å². The zero-order chi connectivity index (χ0) is 15.2. The van der Waals surface area contributed by atoms with Crippen LogP contribution in [0.15, 0.2) is 49.6 Å². The topological polar surface area (TPSA) is 63.1 Å². The molecule has 1 heterocycles. The van der Waals surface area contributed by atoms with Gasteiger partial charge in [-0.15, -0.1) is 6.58 Å². The summed E-state index contributed by atoms with van der Waals surface area (Å²) in [6.07, 6.45) is 4.80. The molecule has 0 aliphatic heterocycles. The van der Waals surface area contributed by atoms with Crippen molar-refractivity contribution < 1.29 is 4.79 Å². The Kier molecular flexibility index (Phi) is 4.71. The molecule has 1 unspecified atom stereocenters. The Morgan fingerprint density at radius 2 is 2.19 bits per heavy atom. The molecule has 0 saturated heterocycles. The van der Waals surface area contributed by atoms with Gasteiger partial charge in [0, 0.05) is 13.6 Å². The molecule has 0 spiro atoms. The number of hydrogen-bond acceptors (Lipinski definition) is 3. The summed E-state index contributed by atoms with van der Waals surface area (Å²) in [5.74, 6) is 0. The number of nitrogens with zero attached hydrogens (tertiary/aromatic N) is 4. The zero-order valence-corrected chi connectivity index (χ0v) is 12.2. The van der Waals surface area contributed by atoms with Crippen molar-refractivity contribution in [2.75, 3.05) is 13.6 Å². The van der Waals surface area contributed by atoms with Crippen molar-refractivity contribution in [3.63, 3.8) is 0 Å². The summed E-state index contributed by atoms with van der Waals surface area (Å²) >= 11 is 0. The molecular weight excluding hydrogens is 266 g/mol. The van der Waals surface area contributed by atoms with Gasteiger partial charge in [-0.25, -0.2) is 14.5 Å². The van der Waals surface area contributed by atoms with Crippen LogP contribution in [-0.4, -0.2) is 39.3 Å². The van der Waals surface area contributed by atoms with E-state index in [0.29, 0.717) is 6.54 Å². The Morgan fingerprint density at radius 3 is 2.76 bits per heavy atom. The monoisotopic (exact) mass is 285 g/mol. The third-order valence-electron chi connectivity index (χ3n) is 3.36. The molecule has 6 nitrogen and oxygen atoms in total. The minimum absolute atomic E-state index is 0.0281. The summed E-state index contributed by atoms with van der Waals surface area (Å²) in [6, 6.07) is 7.73. The Hall–Kier alpha value is -2.63. The molecule has 0 aliphatic carbocycles. The van der Waals surface area contributed by atoms with Gasteiger partial charge >= 0.3 is 6.03 Å². The van der Waals surface area contributed by atoms with E-state index in [1.807, 2.05) is 31.2 Å². The molecule has 0 radical (unpaired) electrons. The summed E-state index contributed by atoms with van der Waals surface area (Å²) in [5, 5.41) is 6.84. The normalized spacial score (nSPS) is 11.7. The Balaban J connectivity index is 2.07. The highest BCUT2D eigenvalue weighted by Crippen LogP contribution is 2.20. The zero-order valence-electron chi connectivity index (χ0n) is 12.2. The molecule has 21 heavy (non-hydrogen) atoms. The molecule has 0 bridgehead atoms. The van der Waals surface area contributed by atoms with Gasteiger partial charge < -0.3 is 10.2 Å². The van der Waals surface area contributed by atoms with Crippen LogP contribution in [0.1, 0.15) is 18.5 Å². The highest BCUT2D eigenvalue weighted by molar-refractivity contribution is 5.74. The van der Waals surface area contributed by atoms with Crippen LogP contribution in [0.2, 0.25) is 0 Å². The van der Waals surface area contributed by atoms with Crippen molar-refractivity contribution in [3.8, 4) is 5.69 Å². The Labute approximate surface area is 124 Å². The lowest BCUT2D eigenvalue weighted by Gasteiger charge is -2.25. The van der Waals surface area contributed by atoms with Crippen LogP contribution >= 0.6 is 0 Å². The number of carbonyl (C=O) groups is 1. The lowest BCUT2D eigenvalue weighted by atomic mass is 10.1. The van der Waals surface area contributed by atoms with Crippen molar-refractivity contribution in [1.82, 2.24) is 25.0 Å². The number of nitrogens with one attached hydrogen (secondary N) is 1. The van der Waals surface area contributed by atoms with E-state index in [9.17, 15) is 4.79 Å². The van der Waals surface area contributed by atoms with Gasteiger partial charge in [0.05, 0.1) is 11.7 Å². The number of aromatic nitrogens is 3. The Morgan fingerprint density at radius 1 is 1.48 bits per heavy atom. The van der Waals surface area contributed by atoms with Gasteiger partial charge in [0.1, 0.15) is 12.7 Å². The van der Waals surface area contributed by atoms with Crippen LogP contribution in [0.4, 0.5) is 4.79 Å². The van der Waals surface area contributed by atoms with Gasteiger partial charge in [-0.3, -0.25) is 0 Å². The van der Waals surface area contributed by atoms with E-state index < -0.39 is 0 Å². The highest BCUT2D eigenvalue weighted by atomic mass is 16.2. The largest absolute Gasteiger partial charge is 0.335 e. The van der Waals surface area contributed by atoms with Crippen molar-refractivity contribution in [3.05, 3.63) is 55.1 Å². The third-order valence-corrected chi connectivity index (χ3v) is 3.36. The molecule has 1 aromatic carbocycles. The second-order valence-electron chi connectivity index (χ2n) is 4.69. The average Bonchev–Trinajstić information content (AvgIpc) is 3.05. The van der Waals surface area contributed by atoms with Crippen molar-refractivity contribution >= 4 is 6.03 Å². The number of carbonyl (C=O) groups excluding carboxylic acids is 1. The second kappa shape index (κ2) is 6.69. The molecule has 2 rings (SSSR count). The molecule has 2 amide bonds. The maximum atomic E-state index is 11.9. The van der Waals surface area contributed by atoms with Gasteiger partial charge in [-0.2, -0.15) is 5.10 Å². The first-order chi connectivity index (χ1) is 10.1. The van der Waals surface area contributed by atoms with Gasteiger partial charge in [-0.1, -0.05) is 18.2 Å². The average molecular weight is 285 g/mol. The fraction of sp³-hybridized carbons (Fsp3) is 0.267. The maximum absolute atomic E-state index is 11.9. The van der Waals surface area contributed by atoms with Crippen LogP contribution in [0, 0.1) is 0 Å². The smallest absolute Gasteiger partial charge is 0.317 e. The standard InChI is InChI=1S/C15H19N5O/c1-4-9-17-15(21)19(3)12(2)13-5-7-14(8-6-13)20-11-16-10-18-20/h4-8,10-12H,1,9H2,2-3H3,(H,17,21). The van der Waals surface area contributed by atoms with Gasteiger partial charge in [0.2, 0.25) is 0 Å². The van der Waals surface area contributed by atoms with Crippen LogP contribution in [-0.2, 0) is 0 Å². The van der Waals surface area contributed by atoms with Crippen LogP contribution in [0.25, 0.3) is 5.69 Å². The number of benzene rings is 1. The van der Waals surface area contributed by atoms with E-state index in [1.165, 1.54) is 6.33 Å². The summed E-state index contributed by atoms with van der Waals surface area (Å²) in [5.41, 5.74) is 1.98. The lowest BCUT2D eigenvalue weighted by molar-refractivity contribution is 0.195. The molecule has 110 valence electrons. The first-order valence-corrected chi connectivity index (χ1v) is 6.70. The van der Waals surface area contributed by atoms with E-state index in [2.05, 4.69) is 22.0 Å². The first-order valence-electron chi connectivity index (χ1n) is 6.70. The van der Waals surface area contributed by atoms with Crippen LogP contribution < -0.4 is 5.32 Å². The highest BCUT2D eigenvalue weighted by Gasteiger charge is 2.16. The molecule has 6 heteroatoms. The van der Waals surface area contributed by atoms with E-state index in [0.717, 1.165) is 11.3 Å². The molecule has 1 aromatic heterocycles. The van der Waals surface area contributed by atoms with E-state index in [-0.39, 0.29) is 12.1 Å². The third kappa shape index (κ3) is 3.47. The van der Waals surface area contributed by atoms with Gasteiger partial charge in [-0.05, 0) is 24.6 Å². The minimum Gasteiger partial charge on any atom is -0.335 e. The first kappa shape index (κ1) is 14.8. The fourth-order valence-electron chi connectivity index (χ4n) is 1.93. The van der Waals surface area contributed by atoms with Crippen LogP contribution in [0.3, 0.4) is 0 Å². The summed E-state index contributed by atoms with van der Waals surface area (Å²) in [4.78, 5) is 17.5. The predicted molar refractivity (Wildman–Crippen MR) is 81.1 cm³/mol. The van der Waals surface area contributed by atoms with Gasteiger partial charge in [0.25, 0.3) is 0 Å². The van der Waals surface area contributed by atoms with Gasteiger partial charge in [0.15, 0.2) is 0 Å². The SMILES string of the molecule is C=CCNC(=O)N(C)C(C)c1ccc(-n2cncn2)cc1. The molecular formula is C15H19N5O. The van der Waals surface area contributed by atoms with E-state index in [4.69, 9.17) is 0 Å². The molecule has 2 aromatic rings. The van der Waals surface area contributed by atoms with Crippen molar-refractivity contribution in [1.29, 1.82) is 0 Å². The fourth-order valence-corrected chi connectivity index (χ4v) is 1.93. The molecule has 1 atom stereocenters. The number of amides is 2. The summed E-state index contributed by atoms with van der Waals surface area (Å²) in [6.45, 7) is 6.03. The van der Waals surface area contributed by atoms with Crippen molar-refractivity contribution in [2.45, 2.75) is 13.0 Å².